The van der Waals surface area contributed by atoms with Crippen molar-refractivity contribution in [1.29, 1.82) is 0 Å². The first-order chi connectivity index (χ1) is 10.6. The zero-order valence-electron chi connectivity index (χ0n) is 13.1. The number of carbonyl (C=O) groups is 1. The number of aliphatic carboxylic acids is 1. The molecule has 0 bridgehead atoms. The van der Waals surface area contributed by atoms with E-state index >= 15 is 0 Å². The van der Waals surface area contributed by atoms with E-state index in [2.05, 4.69) is 13.8 Å². The predicted molar refractivity (Wildman–Crippen MR) is 87.5 cm³/mol. The van der Waals surface area contributed by atoms with Gasteiger partial charge < -0.3 is 9.84 Å². The lowest BCUT2D eigenvalue weighted by Gasteiger charge is -2.13. The van der Waals surface area contributed by atoms with Gasteiger partial charge in [-0.2, -0.15) is 0 Å². The number of carboxylic acid groups (broad SMARTS) is 1. The highest BCUT2D eigenvalue weighted by Crippen LogP contribution is 2.22. The second kappa shape index (κ2) is 7.64. The summed E-state index contributed by atoms with van der Waals surface area (Å²) in [7, 11) is 0. The van der Waals surface area contributed by atoms with Crippen LogP contribution in [-0.2, 0) is 4.79 Å². The van der Waals surface area contributed by atoms with Gasteiger partial charge in [0.2, 0.25) is 0 Å². The molecule has 0 fully saturated rings. The molecule has 0 aliphatic rings. The summed E-state index contributed by atoms with van der Waals surface area (Å²) < 4.78 is 5.71. The zero-order valence-corrected chi connectivity index (χ0v) is 13.1. The van der Waals surface area contributed by atoms with E-state index in [1.807, 2.05) is 48.5 Å². The summed E-state index contributed by atoms with van der Waals surface area (Å²) in [5.74, 6) is -0.406. The summed E-state index contributed by atoms with van der Waals surface area (Å²) >= 11 is 0. The topological polar surface area (TPSA) is 46.5 Å². The average Bonchev–Trinajstić information content (AvgIpc) is 2.51. The van der Waals surface area contributed by atoms with Crippen LogP contribution < -0.4 is 4.74 Å². The maximum atomic E-state index is 11.4. The molecule has 0 heterocycles. The number of hydrogen-bond acceptors (Lipinski definition) is 2. The van der Waals surface area contributed by atoms with E-state index in [0.717, 1.165) is 11.3 Å². The fraction of sp³-hybridized carbons (Fsp3) is 0.316. The van der Waals surface area contributed by atoms with Crippen LogP contribution in [0.25, 0.3) is 0 Å². The van der Waals surface area contributed by atoms with Gasteiger partial charge in [-0.25, -0.2) is 0 Å². The zero-order chi connectivity index (χ0) is 15.9. The Labute approximate surface area is 131 Å². The van der Waals surface area contributed by atoms with Gasteiger partial charge in [0.1, 0.15) is 5.75 Å². The summed E-state index contributed by atoms with van der Waals surface area (Å²) in [6, 6.07) is 15.4. The maximum absolute atomic E-state index is 11.4. The van der Waals surface area contributed by atoms with Crippen LogP contribution in [0.5, 0.6) is 5.75 Å². The van der Waals surface area contributed by atoms with E-state index in [1.165, 1.54) is 11.1 Å². The van der Waals surface area contributed by atoms with E-state index in [1.54, 1.807) is 0 Å². The van der Waals surface area contributed by atoms with Crippen LogP contribution in [0.2, 0.25) is 0 Å². The maximum Gasteiger partial charge on any atom is 0.310 e. The molecule has 116 valence electrons. The van der Waals surface area contributed by atoms with Gasteiger partial charge in [0.25, 0.3) is 0 Å². The molecule has 0 amide bonds. The number of rotatable bonds is 7. The van der Waals surface area contributed by atoms with Crippen molar-refractivity contribution in [2.24, 2.45) is 0 Å². The highest BCUT2D eigenvalue weighted by atomic mass is 16.5. The number of carboxylic acids is 1. The molecule has 0 spiro atoms. The summed E-state index contributed by atoms with van der Waals surface area (Å²) in [6.45, 7) is 4.65. The minimum atomic E-state index is -0.780. The smallest absolute Gasteiger partial charge is 0.310 e. The Balaban J connectivity index is 1.86. The Morgan fingerprint density at radius 2 is 1.82 bits per heavy atom. The number of ether oxygens (including phenoxy) is 1. The molecule has 1 unspecified atom stereocenters. The van der Waals surface area contributed by atoms with Crippen LogP contribution >= 0.6 is 0 Å². The molecule has 1 N–H and O–H groups in total. The van der Waals surface area contributed by atoms with Crippen LogP contribution in [0.3, 0.4) is 0 Å². The lowest BCUT2D eigenvalue weighted by molar-refractivity contribution is -0.139. The Kier molecular flexibility index (Phi) is 5.59. The van der Waals surface area contributed by atoms with Crippen molar-refractivity contribution in [3.05, 3.63) is 65.2 Å². The molecule has 0 saturated heterocycles. The second-order valence-corrected chi connectivity index (χ2v) is 5.54. The summed E-state index contributed by atoms with van der Waals surface area (Å²) in [6.07, 6.45) is 1.28. The van der Waals surface area contributed by atoms with Gasteiger partial charge >= 0.3 is 5.97 Å². The van der Waals surface area contributed by atoms with Crippen LogP contribution in [-0.4, -0.2) is 17.7 Å². The van der Waals surface area contributed by atoms with Crippen LogP contribution in [0.4, 0.5) is 0 Å². The summed E-state index contributed by atoms with van der Waals surface area (Å²) in [5.41, 5.74) is 3.29. The Bertz CT molecular complexity index is 620. The molecule has 1 atom stereocenters. The summed E-state index contributed by atoms with van der Waals surface area (Å²) in [4.78, 5) is 11.4. The monoisotopic (exact) mass is 298 g/mol. The van der Waals surface area contributed by atoms with Gasteiger partial charge in [-0.15, -0.1) is 0 Å². The standard InChI is InChI=1S/C19H22O3/c1-14-10-11-17(13-15(14)2)22-12-6-9-18(19(20)21)16-7-4-3-5-8-16/h3-5,7-8,10-11,13,18H,6,9,12H2,1-2H3,(H,20,21). The average molecular weight is 298 g/mol. The van der Waals surface area contributed by atoms with Crippen LogP contribution in [0.1, 0.15) is 35.4 Å². The molecule has 2 aromatic carbocycles. The van der Waals surface area contributed by atoms with Gasteiger partial charge in [-0.05, 0) is 55.5 Å². The van der Waals surface area contributed by atoms with Gasteiger partial charge in [0.15, 0.2) is 0 Å². The molecular formula is C19H22O3. The van der Waals surface area contributed by atoms with Crippen molar-refractivity contribution in [3.63, 3.8) is 0 Å². The molecule has 2 aromatic rings. The Morgan fingerprint density at radius 1 is 1.09 bits per heavy atom. The molecule has 0 aliphatic carbocycles. The fourth-order valence-corrected chi connectivity index (χ4v) is 2.40. The molecule has 3 heteroatoms. The molecule has 22 heavy (non-hydrogen) atoms. The van der Waals surface area contributed by atoms with Gasteiger partial charge in [0, 0.05) is 0 Å². The van der Waals surface area contributed by atoms with Crippen LogP contribution in [0, 0.1) is 13.8 Å². The van der Waals surface area contributed by atoms with E-state index in [9.17, 15) is 9.90 Å². The minimum absolute atomic E-state index is 0.468. The lowest BCUT2D eigenvalue weighted by Crippen LogP contribution is -2.13. The molecular weight excluding hydrogens is 276 g/mol. The Morgan fingerprint density at radius 3 is 2.45 bits per heavy atom. The number of benzene rings is 2. The van der Waals surface area contributed by atoms with Crippen molar-refractivity contribution in [1.82, 2.24) is 0 Å². The van der Waals surface area contributed by atoms with Crippen molar-refractivity contribution >= 4 is 5.97 Å². The summed E-state index contributed by atoms with van der Waals surface area (Å²) in [5, 5.41) is 9.37. The Hall–Kier alpha value is -2.29. The third-order valence-electron chi connectivity index (χ3n) is 3.88. The minimum Gasteiger partial charge on any atom is -0.494 e. The molecule has 0 aromatic heterocycles. The first kappa shape index (κ1) is 16.1. The number of hydrogen-bond donors (Lipinski definition) is 1. The molecule has 0 radical (unpaired) electrons. The second-order valence-electron chi connectivity index (χ2n) is 5.54. The first-order valence-corrected chi connectivity index (χ1v) is 7.55. The van der Waals surface area contributed by atoms with E-state index in [4.69, 9.17) is 4.74 Å². The molecule has 3 nitrogen and oxygen atoms in total. The molecule has 0 saturated carbocycles. The van der Waals surface area contributed by atoms with Gasteiger partial charge in [-0.3, -0.25) is 4.79 Å². The SMILES string of the molecule is Cc1ccc(OCCCC(C(=O)O)c2ccccc2)cc1C. The van der Waals surface area contributed by atoms with E-state index in [-0.39, 0.29) is 0 Å². The first-order valence-electron chi connectivity index (χ1n) is 7.55. The van der Waals surface area contributed by atoms with Crippen molar-refractivity contribution in [2.45, 2.75) is 32.6 Å². The lowest BCUT2D eigenvalue weighted by atomic mass is 9.94. The molecule has 2 rings (SSSR count). The predicted octanol–water partition coefficient (Wildman–Crippen LogP) is 4.33. The third kappa shape index (κ3) is 4.35. The molecule has 0 aliphatic heterocycles. The quantitative estimate of drug-likeness (QED) is 0.774. The van der Waals surface area contributed by atoms with Crippen LogP contribution in [0.15, 0.2) is 48.5 Å². The van der Waals surface area contributed by atoms with E-state index < -0.39 is 11.9 Å². The normalized spacial score (nSPS) is 11.9. The van der Waals surface area contributed by atoms with Crippen molar-refractivity contribution in [3.8, 4) is 5.75 Å². The fourth-order valence-electron chi connectivity index (χ4n) is 2.40. The van der Waals surface area contributed by atoms with Gasteiger partial charge in [0.05, 0.1) is 12.5 Å². The highest BCUT2D eigenvalue weighted by Gasteiger charge is 2.18. The number of aryl methyl sites for hydroxylation is 2. The largest absolute Gasteiger partial charge is 0.494 e. The van der Waals surface area contributed by atoms with Crippen molar-refractivity contribution in [2.75, 3.05) is 6.61 Å². The van der Waals surface area contributed by atoms with Gasteiger partial charge in [-0.1, -0.05) is 36.4 Å². The highest BCUT2D eigenvalue weighted by molar-refractivity contribution is 5.75. The third-order valence-corrected chi connectivity index (χ3v) is 3.88. The van der Waals surface area contributed by atoms with Crippen molar-refractivity contribution < 1.29 is 14.6 Å². The van der Waals surface area contributed by atoms with E-state index in [0.29, 0.717) is 19.4 Å².